The third-order valence-corrected chi connectivity index (χ3v) is 1.58. The number of rotatable bonds is 9. The Hall–Kier alpha value is -0.610. The molecule has 0 rings (SSSR count). The molecule has 0 aromatic heterocycles. The fraction of sp³-hybridized carbons (Fsp3) is 0.900. The van der Waals surface area contributed by atoms with Crippen LogP contribution < -0.4 is 5.32 Å². The molecule has 1 N–H and O–H groups in total. The monoisotopic (exact) mass is 203 g/mol. The molecule has 0 heterocycles. The van der Waals surface area contributed by atoms with Crippen molar-refractivity contribution in [3.63, 3.8) is 0 Å². The first-order chi connectivity index (χ1) is 6.81. The Morgan fingerprint density at radius 1 is 1.21 bits per heavy atom. The number of esters is 1. The van der Waals surface area contributed by atoms with Crippen LogP contribution in [0, 0.1) is 0 Å². The summed E-state index contributed by atoms with van der Waals surface area (Å²) in [5.74, 6) is -0.144. The summed E-state index contributed by atoms with van der Waals surface area (Å²) in [6, 6.07) is 0. The number of hydrogen-bond donors (Lipinski definition) is 1. The van der Waals surface area contributed by atoms with Crippen molar-refractivity contribution in [2.45, 2.75) is 26.7 Å². The Balaban J connectivity index is 3.01. The molecule has 4 nitrogen and oxygen atoms in total. The van der Waals surface area contributed by atoms with Crippen LogP contribution in [0.5, 0.6) is 0 Å². The van der Waals surface area contributed by atoms with E-state index < -0.39 is 0 Å². The average Bonchev–Trinajstić information content (AvgIpc) is 2.17. The first-order valence-electron chi connectivity index (χ1n) is 5.25. The molecule has 0 spiro atoms. The number of ether oxygens (including phenoxy) is 2. The second-order valence-electron chi connectivity index (χ2n) is 2.92. The van der Waals surface area contributed by atoms with Crippen molar-refractivity contribution in [2.75, 3.05) is 32.9 Å². The van der Waals surface area contributed by atoms with Gasteiger partial charge in [0.25, 0.3) is 0 Å². The molecule has 0 aromatic rings. The number of nitrogens with one attached hydrogen (secondary N) is 1. The van der Waals surface area contributed by atoms with Gasteiger partial charge in [-0.1, -0.05) is 6.92 Å². The Morgan fingerprint density at radius 3 is 2.64 bits per heavy atom. The minimum absolute atomic E-state index is 0.144. The zero-order valence-electron chi connectivity index (χ0n) is 9.17. The van der Waals surface area contributed by atoms with E-state index in [-0.39, 0.29) is 5.97 Å². The summed E-state index contributed by atoms with van der Waals surface area (Å²) in [6.45, 7) is 7.31. The van der Waals surface area contributed by atoms with Gasteiger partial charge in [-0.05, 0) is 13.3 Å². The summed E-state index contributed by atoms with van der Waals surface area (Å²) < 4.78 is 10.0. The third-order valence-electron chi connectivity index (χ3n) is 1.58. The molecule has 0 aliphatic heterocycles. The largest absolute Gasteiger partial charge is 0.466 e. The van der Waals surface area contributed by atoms with E-state index in [9.17, 15) is 4.79 Å². The van der Waals surface area contributed by atoms with Crippen molar-refractivity contribution < 1.29 is 14.3 Å². The van der Waals surface area contributed by atoms with Crippen molar-refractivity contribution in [1.29, 1.82) is 0 Å². The third kappa shape index (κ3) is 9.48. The lowest BCUT2D eigenvalue weighted by Crippen LogP contribution is -2.23. The van der Waals surface area contributed by atoms with Gasteiger partial charge >= 0.3 is 5.97 Å². The normalized spacial score (nSPS) is 10.1. The van der Waals surface area contributed by atoms with Gasteiger partial charge in [0.2, 0.25) is 0 Å². The topological polar surface area (TPSA) is 47.6 Å². The predicted molar refractivity (Wildman–Crippen MR) is 55.2 cm³/mol. The number of carbonyl (C=O) groups excluding carboxylic acids is 1. The Kier molecular flexibility index (Phi) is 10.0. The van der Waals surface area contributed by atoms with Crippen molar-refractivity contribution in [1.82, 2.24) is 5.32 Å². The first-order valence-corrected chi connectivity index (χ1v) is 5.25. The fourth-order valence-corrected chi connectivity index (χ4v) is 0.939. The van der Waals surface area contributed by atoms with E-state index in [4.69, 9.17) is 9.47 Å². The highest BCUT2D eigenvalue weighted by molar-refractivity contribution is 5.69. The molecule has 0 aliphatic rings. The van der Waals surface area contributed by atoms with Crippen molar-refractivity contribution >= 4 is 5.97 Å². The summed E-state index contributed by atoms with van der Waals surface area (Å²) in [5, 5.41) is 3.11. The Bertz CT molecular complexity index is 139. The second-order valence-corrected chi connectivity index (χ2v) is 2.92. The zero-order valence-corrected chi connectivity index (χ0v) is 9.17. The minimum atomic E-state index is -0.144. The molecule has 0 aliphatic carbocycles. The van der Waals surface area contributed by atoms with Crippen LogP contribution in [0.1, 0.15) is 26.7 Å². The summed E-state index contributed by atoms with van der Waals surface area (Å²) in [4.78, 5) is 10.9. The standard InChI is InChI=1S/C10H21NO3/c1-3-8-13-9-7-11-6-5-10(12)14-4-2/h11H,3-9H2,1-2H3. The second kappa shape index (κ2) is 10.5. The van der Waals surface area contributed by atoms with Crippen molar-refractivity contribution in [3.8, 4) is 0 Å². The minimum Gasteiger partial charge on any atom is -0.466 e. The maximum absolute atomic E-state index is 10.9. The average molecular weight is 203 g/mol. The first kappa shape index (κ1) is 13.4. The summed E-state index contributed by atoms with van der Waals surface area (Å²) in [5.41, 5.74) is 0. The smallest absolute Gasteiger partial charge is 0.307 e. The highest BCUT2D eigenvalue weighted by atomic mass is 16.5. The lowest BCUT2D eigenvalue weighted by atomic mass is 10.4. The van der Waals surface area contributed by atoms with Crippen LogP contribution in [-0.2, 0) is 14.3 Å². The van der Waals surface area contributed by atoms with Gasteiger partial charge < -0.3 is 14.8 Å². The van der Waals surface area contributed by atoms with Crippen LogP contribution in [0.3, 0.4) is 0 Å². The maximum atomic E-state index is 10.9. The van der Waals surface area contributed by atoms with E-state index in [1.54, 1.807) is 0 Å². The predicted octanol–water partition coefficient (Wildman–Crippen LogP) is 0.956. The fourth-order valence-electron chi connectivity index (χ4n) is 0.939. The van der Waals surface area contributed by atoms with Gasteiger partial charge in [0.1, 0.15) is 0 Å². The molecule has 0 saturated carbocycles. The molecule has 84 valence electrons. The maximum Gasteiger partial charge on any atom is 0.307 e. The molecule has 0 bridgehead atoms. The van der Waals surface area contributed by atoms with Gasteiger partial charge in [-0.3, -0.25) is 4.79 Å². The van der Waals surface area contributed by atoms with Crippen LogP contribution in [0.25, 0.3) is 0 Å². The van der Waals surface area contributed by atoms with E-state index in [0.29, 0.717) is 26.2 Å². The van der Waals surface area contributed by atoms with E-state index in [2.05, 4.69) is 12.2 Å². The highest BCUT2D eigenvalue weighted by Crippen LogP contribution is 1.84. The molecule has 4 heteroatoms. The van der Waals surface area contributed by atoms with E-state index in [0.717, 1.165) is 19.6 Å². The van der Waals surface area contributed by atoms with Crippen LogP contribution in [0.2, 0.25) is 0 Å². The Morgan fingerprint density at radius 2 is 2.00 bits per heavy atom. The number of hydrogen-bond acceptors (Lipinski definition) is 4. The van der Waals surface area contributed by atoms with Crippen molar-refractivity contribution in [2.24, 2.45) is 0 Å². The molecule has 14 heavy (non-hydrogen) atoms. The molecule has 0 aromatic carbocycles. The quantitative estimate of drug-likeness (QED) is 0.448. The van der Waals surface area contributed by atoms with Gasteiger partial charge in [-0.25, -0.2) is 0 Å². The van der Waals surface area contributed by atoms with Gasteiger partial charge in [0, 0.05) is 19.7 Å². The summed E-state index contributed by atoms with van der Waals surface area (Å²) >= 11 is 0. The Labute approximate surface area is 86.0 Å². The van der Waals surface area contributed by atoms with E-state index >= 15 is 0 Å². The van der Waals surface area contributed by atoms with Crippen LogP contribution >= 0.6 is 0 Å². The molecule has 0 saturated heterocycles. The van der Waals surface area contributed by atoms with Gasteiger partial charge in [0.15, 0.2) is 0 Å². The molecule has 0 fully saturated rings. The summed E-state index contributed by atoms with van der Waals surface area (Å²) in [7, 11) is 0. The molecule has 0 atom stereocenters. The lowest BCUT2D eigenvalue weighted by Gasteiger charge is -2.05. The van der Waals surface area contributed by atoms with Crippen LogP contribution in [0.4, 0.5) is 0 Å². The molecular weight excluding hydrogens is 182 g/mol. The summed E-state index contributed by atoms with van der Waals surface area (Å²) in [6.07, 6.45) is 1.48. The molecular formula is C10H21NO3. The van der Waals surface area contributed by atoms with Gasteiger partial charge in [0.05, 0.1) is 19.6 Å². The molecule has 0 radical (unpaired) electrons. The van der Waals surface area contributed by atoms with E-state index in [1.807, 2.05) is 6.92 Å². The number of carbonyl (C=O) groups is 1. The molecule has 0 amide bonds. The highest BCUT2D eigenvalue weighted by Gasteiger charge is 1.99. The zero-order chi connectivity index (χ0) is 10.6. The van der Waals surface area contributed by atoms with Crippen molar-refractivity contribution in [3.05, 3.63) is 0 Å². The lowest BCUT2D eigenvalue weighted by molar-refractivity contribution is -0.142. The van der Waals surface area contributed by atoms with Crippen LogP contribution in [-0.4, -0.2) is 38.9 Å². The molecule has 0 unspecified atom stereocenters. The van der Waals surface area contributed by atoms with Gasteiger partial charge in [-0.15, -0.1) is 0 Å². The van der Waals surface area contributed by atoms with Gasteiger partial charge in [-0.2, -0.15) is 0 Å². The SMILES string of the molecule is CCCOCCNCCC(=O)OCC. The van der Waals surface area contributed by atoms with E-state index in [1.165, 1.54) is 0 Å². The van der Waals surface area contributed by atoms with Crippen LogP contribution in [0.15, 0.2) is 0 Å².